The number of nitrogens with zero attached hydrogens (tertiary/aromatic N) is 1. The third-order valence-electron chi connectivity index (χ3n) is 3.72. The summed E-state index contributed by atoms with van der Waals surface area (Å²) in [7, 11) is 2.08. The zero-order valence-electron chi connectivity index (χ0n) is 11.5. The van der Waals surface area contributed by atoms with Crippen molar-refractivity contribution in [2.45, 2.75) is 26.7 Å². The van der Waals surface area contributed by atoms with E-state index < -0.39 is 0 Å². The maximum atomic E-state index is 12.3. The zero-order chi connectivity index (χ0) is 13.1. The molecule has 0 aliphatic carbocycles. The Morgan fingerprint density at radius 3 is 2.61 bits per heavy atom. The quantitative estimate of drug-likeness (QED) is 0.870. The SMILES string of the molecule is Cc1cccc(C)c1NC(=O)[C@@H]1CCCN(C)C1. The van der Waals surface area contributed by atoms with Crippen molar-refractivity contribution in [2.75, 3.05) is 25.5 Å². The van der Waals surface area contributed by atoms with Crippen molar-refractivity contribution in [1.82, 2.24) is 4.90 Å². The van der Waals surface area contributed by atoms with Gasteiger partial charge in [0.15, 0.2) is 0 Å². The summed E-state index contributed by atoms with van der Waals surface area (Å²) in [6.45, 7) is 6.05. The van der Waals surface area contributed by atoms with Gasteiger partial charge in [0.05, 0.1) is 5.92 Å². The standard InChI is InChI=1S/C15H22N2O/c1-11-6-4-7-12(2)14(11)16-15(18)13-8-5-9-17(3)10-13/h4,6-7,13H,5,8-10H2,1-3H3,(H,16,18)/t13-/m1/s1. The lowest BCUT2D eigenvalue weighted by Crippen LogP contribution is -2.38. The largest absolute Gasteiger partial charge is 0.325 e. The van der Waals surface area contributed by atoms with Gasteiger partial charge in [-0.1, -0.05) is 18.2 Å². The van der Waals surface area contributed by atoms with Crippen molar-refractivity contribution in [3.63, 3.8) is 0 Å². The van der Waals surface area contributed by atoms with Crippen LogP contribution in [0.3, 0.4) is 0 Å². The Kier molecular flexibility index (Phi) is 4.02. The number of nitrogens with one attached hydrogen (secondary N) is 1. The monoisotopic (exact) mass is 246 g/mol. The summed E-state index contributed by atoms with van der Waals surface area (Å²) in [5, 5.41) is 3.10. The van der Waals surface area contributed by atoms with Gasteiger partial charge in [-0.3, -0.25) is 4.79 Å². The van der Waals surface area contributed by atoms with Gasteiger partial charge >= 0.3 is 0 Å². The number of carbonyl (C=O) groups is 1. The number of hydrogen-bond donors (Lipinski definition) is 1. The van der Waals surface area contributed by atoms with Crippen molar-refractivity contribution in [3.8, 4) is 0 Å². The predicted octanol–water partition coefficient (Wildman–Crippen LogP) is 2.58. The Balaban J connectivity index is 2.07. The van der Waals surface area contributed by atoms with Crippen LogP contribution >= 0.6 is 0 Å². The first-order chi connectivity index (χ1) is 8.58. The first kappa shape index (κ1) is 13.1. The van der Waals surface area contributed by atoms with E-state index in [2.05, 4.69) is 17.3 Å². The Hall–Kier alpha value is -1.35. The minimum Gasteiger partial charge on any atom is -0.325 e. The number of rotatable bonds is 2. The summed E-state index contributed by atoms with van der Waals surface area (Å²) in [5.41, 5.74) is 3.25. The molecule has 1 saturated heterocycles. The molecule has 1 aliphatic heterocycles. The smallest absolute Gasteiger partial charge is 0.228 e. The van der Waals surface area contributed by atoms with Gasteiger partial charge in [0.2, 0.25) is 5.91 Å². The number of anilines is 1. The summed E-state index contributed by atoms with van der Waals surface area (Å²) in [4.78, 5) is 14.5. The summed E-state index contributed by atoms with van der Waals surface area (Å²) in [5.74, 6) is 0.293. The van der Waals surface area contributed by atoms with Crippen LogP contribution in [0.4, 0.5) is 5.69 Å². The first-order valence-electron chi connectivity index (χ1n) is 6.63. The van der Waals surface area contributed by atoms with E-state index in [1.165, 1.54) is 0 Å². The molecule has 18 heavy (non-hydrogen) atoms. The van der Waals surface area contributed by atoms with Gasteiger partial charge in [-0.2, -0.15) is 0 Å². The highest BCUT2D eigenvalue weighted by Gasteiger charge is 2.24. The first-order valence-corrected chi connectivity index (χ1v) is 6.63. The Morgan fingerprint density at radius 1 is 1.33 bits per heavy atom. The molecular weight excluding hydrogens is 224 g/mol. The summed E-state index contributed by atoms with van der Waals surface area (Å²) in [6, 6.07) is 6.10. The fourth-order valence-electron chi connectivity index (χ4n) is 2.62. The van der Waals surface area contributed by atoms with Crippen molar-refractivity contribution >= 4 is 11.6 Å². The van der Waals surface area contributed by atoms with Gasteiger partial charge in [-0.15, -0.1) is 0 Å². The highest BCUT2D eigenvalue weighted by atomic mass is 16.1. The van der Waals surface area contributed by atoms with E-state index in [-0.39, 0.29) is 11.8 Å². The molecule has 1 aliphatic rings. The molecule has 1 heterocycles. The molecule has 1 aromatic carbocycles. The molecular formula is C15H22N2O. The topological polar surface area (TPSA) is 32.3 Å². The second kappa shape index (κ2) is 5.53. The second-order valence-electron chi connectivity index (χ2n) is 5.36. The maximum Gasteiger partial charge on any atom is 0.228 e. The van der Waals surface area contributed by atoms with Crippen molar-refractivity contribution in [3.05, 3.63) is 29.3 Å². The lowest BCUT2D eigenvalue weighted by molar-refractivity contribution is -0.121. The zero-order valence-corrected chi connectivity index (χ0v) is 11.5. The van der Waals surface area contributed by atoms with E-state index in [0.717, 1.165) is 42.7 Å². The van der Waals surface area contributed by atoms with E-state index in [0.29, 0.717) is 0 Å². The van der Waals surface area contributed by atoms with Crippen molar-refractivity contribution in [2.24, 2.45) is 5.92 Å². The number of hydrogen-bond acceptors (Lipinski definition) is 2. The molecule has 0 saturated carbocycles. The predicted molar refractivity (Wildman–Crippen MR) is 74.8 cm³/mol. The van der Waals surface area contributed by atoms with Crippen LogP contribution in [0, 0.1) is 19.8 Å². The van der Waals surface area contributed by atoms with Crippen LogP contribution < -0.4 is 5.32 Å². The van der Waals surface area contributed by atoms with E-state index >= 15 is 0 Å². The molecule has 3 heteroatoms. The Labute approximate surface area is 109 Å². The molecule has 1 fully saturated rings. The molecule has 98 valence electrons. The minimum absolute atomic E-state index is 0.128. The van der Waals surface area contributed by atoms with Gasteiger partial charge in [0.25, 0.3) is 0 Å². The number of aryl methyl sites for hydroxylation is 2. The van der Waals surface area contributed by atoms with Crippen LogP contribution in [-0.4, -0.2) is 30.9 Å². The molecule has 1 N–H and O–H groups in total. The molecule has 3 nitrogen and oxygen atoms in total. The Morgan fingerprint density at radius 2 is 2.00 bits per heavy atom. The molecule has 0 unspecified atom stereocenters. The number of benzene rings is 1. The van der Waals surface area contributed by atoms with Crippen LogP contribution in [0.5, 0.6) is 0 Å². The van der Waals surface area contributed by atoms with Gasteiger partial charge in [0.1, 0.15) is 0 Å². The molecule has 0 radical (unpaired) electrons. The van der Waals surface area contributed by atoms with E-state index in [4.69, 9.17) is 0 Å². The minimum atomic E-state index is 0.128. The molecule has 1 atom stereocenters. The lowest BCUT2D eigenvalue weighted by atomic mass is 9.97. The van der Waals surface area contributed by atoms with Crippen LogP contribution in [0.15, 0.2) is 18.2 Å². The average molecular weight is 246 g/mol. The third-order valence-corrected chi connectivity index (χ3v) is 3.72. The highest BCUT2D eigenvalue weighted by molar-refractivity contribution is 5.94. The van der Waals surface area contributed by atoms with E-state index in [1.807, 2.05) is 32.0 Å². The third kappa shape index (κ3) is 2.91. The molecule has 0 bridgehead atoms. The number of likely N-dealkylation sites (tertiary alicyclic amines) is 1. The highest BCUT2D eigenvalue weighted by Crippen LogP contribution is 2.22. The summed E-state index contributed by atoms with van der Waals surface area (Å²) in [6.07, 6.45) is 2.11. The molecule has 0 spiro atoms. The fraction of sp³-hybridized carbons (Fsp3) is 0.533. The number of amides is 1. The second-order valence-corrected chi connectivity index (χ2v) is 5.36. The van der Waals surface area contributed by atoms with Gasteiger partial charge < -0.3 is 10.2 Å². The van der Waals surface area contributed by atoms with Gasteiger partial charge in [-0.05, 0) is 51.4 Å². The molecule has 2 rings (SSSR count). The van der Waals surface area contributed by atoms with Crippen LogP contribution in [0.2, 0.25) is 0 Å². The molecule has 1 amide bonds. The summed E-state index contributed by atoms with van der Waals surface area (Å²) >= 11 is 0. The Bertz CT molecular complexity index is 422. The van der Waals surface area contributed by atoms with Crippen LogP contribution in [0.25, 0.3) is 0 Å². The van der Waals surface area contributed by atoms with Crippen LogP contribution in [0.1, 0.15) is 24.0 Å². The number of carbonyl (C=O) groups excluding carboxylic acids is 1. The molecule has 0 aromatic heterocycles. The van der Waals surface area contributed by atoms with E-state index in [9.17, 15) is 4.79 Å². The van der Waals surface area contributed by atoms with Gasteiger partial charge in [-0.25, -0.2) is 0 Å². The number of para-hydroxylation sites is 1. The van der Waals surface area contributed by atoms with Crippen molar-refractivity contribution in [1.29, 1.82) is 0 Å². The number of piperidine rings is 1. The normalized spacial score (nSPS) is 20.7. The fourth-order valence-corrected chi connectivity index (χ4v) is 2.62. The molecule has 1 aromatic rings. The average Bonchev–Trinajstić information content (AvgIpc) is 2.34. The van der Waals surface area contributed by atoms with Gasteiger partial charge in [0, 0.05) is 12.2 Å². The van der Waals surface area contributed by atoms with Crippen molar-refractivity contribution < 1.29 is 4.79 Å². The van der Waals surface area contributed by atoms with Crippen LogP contribution in [-0.2, 0) is 4.79 Å². The summed E-state index contributed by atoms with van der Waals surface area (Å²) < 4.78 is 0. The maximum absolute atomic E-state index is 12.3. The lowest BCUT2D eigenvalue weighted by Gasteiger charge is -2.29. The van der Waals surface area contributed by atoms with E-state index in [1.54, 1.807) is 0 Å².